The Balaban J connectivity index is 1.41. The zero-order valence-electron chi connectivity index (χ0n) is 17.6. The summed E-state index contributed by atoms with van der Waals surface area (Å²) in [5.74, 6) is -2.47. The van der Waals surface area contributed by atoms with Crippen molar-refractivity contribution in [2.24, 2.45) is 0 Å². The van der Waals surface area contributed by atoms with Crippen molar-refractivity contribution in [2.75, 3.05) is 5.32 Å². The minimum atomic E-state index is -4.71. The van der Waals surface area contributed by atoms with Gasteiger partial charge in [0.1, 0.15) is 5.82 Å². The average molecular weight is 475 g/mol. The minimum absolute atomic E-state index is 0.148. The number of hydrogen-bond donors (Lipinski definition) is 1. The third-order valence-corrected chi connectivity index (χ3v) is 6.30. The molecule has 2 fully saturated rings. The van der Waals surface area contributed by atoms with Gasteiger partial charge < -0.3 is 10.2 Å². The highest BCUT2D eigenvalue weighted by molar-refractivity contribution is 6.01. The number of anilines is 1. The van der Waals surface area contributed by atoms with Gasteiger partial charge >= 0.3 is 6.18 Å². The maximum absolute atomic E-state index is 14.9. The summed E-state index contributed by atoms with van der Waals surface area (Å²) < 4.78 is 67.6. The fourth-order valence-corrected chi connectivity index (χ4v) is 4.83. The molecule has 4 heterocycles. The summed E-state index contributed by atoms with van der Waals surface area (Å²) in [6, 6.07) is 5.16. The Morgan fingerprint density at radius 2 is 1.79 bits per heavy atom. The van der Waals surface area contributed by atoms with Crippen LogP contribution >= 0.6 is 0 Å². The van der Waals surface area contributed by atoms with Gasteiger partial charge in [-0.25, -0.2) is 23.7 Å². The van der Waals surface area contributed by atoms with E-state index in [1.165, 1.54) is 24.5 Å². The van der Waals surface area contributed by atoms with Gasteiger partial charge in [-0.15, -0.1) is 0 Å². The van der Waals surface area contributed by atoms with Gasteiger partial charge in [-0.3, -0.25) is 4.79 Å². The van der Waals surface area contributed by atoms with Crippen molar-refractivity contribution in [3.05, 3.63) is 71.7 Å². The summed E-state index contributed by atoms with van der Waals surface area (Å²) in [6.07, 6.45) is 0.545. The number of alkyl halides is 3. The van der Waals surface area contributed by atoms with Gasteiger partial charge in [-0.2, -0.15) is 13.2 Å². The SMILES string of the molecule is O=C(c1c(F)cccc1-c1ncccn1)N1[C@@H]2CC[C@H]1[C@H](Nc1ncc(C(F)(F)F)cc1F)C2. The van der Waals surface area contributed by atoms with Crippen LogP contribution in [-0.4, -0.2) is 43.9 Å². The summed E-state index contributed by atoms with van der Waals surface area (Å²) in [6.45, 7) is 0. The molecule has 1 aromatic carbocycles. The molecule has 3 aromatic rings. The summed E-state index contributed by atoms with van der Waals surface area (Å²) in [4.78, 5) is 27.0. The number of nitrogens with zero attached hydrogens (tertiary/aromatic N) is 4. The molecule has 2 bridgehead atoms. The van der Waals surface area contributed by atoms with Crippen LogP contribution in [0.5, 0.6) is 0 Å². The van der Waals surface area contributed by atoms with Gasteiger partial charge in [0.15, 0.2) is 17.5 Å². The molecule has 0 radical (unpaired) electrons. The van der Waals surface area contributed by atoms with E-state index in [2.05, 4.69) is 20.3 Å². The third kappa shape index (κ3) is 3.84. The van der Waals surface area contributed by atoms with Crippen molar-refractivity contribution in [3.8, 4) is 11.4 Å². The van der Waals surface area contributed by atoms with Crippen LogP contribution in [0, 0.1) is 11.6 Å². The summed E-state index contributed by atoms with van der Waals surface area (Å²) in [5, 5.41) is 2.85. The molecule has 0 aliphatic carbocycles. The second-order valence-electron chi connectivity index (χ2n) is 8.28. The van der Waals surface area contributed by atoms with Gasteiger partial charge in [-0.1, -0.05) is 12.1 Å². The van der Waals surface area contributed by atoms with E-state index in [4.69, 9.17) is 0 Å². The number of benzene rings is 1. The maximum atomic E-state index is 14.9. The number of carbonyl (C=O) groups excluding carboxylic acids is 1. The van der Waals surface area contributed by atoms with Crippen molar-refractivity contribution in [1.29, 1.82) is 0 Å². The molecule has 176 valence electrons. The van der Waals surface area contributed by atoms with E-state index in [1.807, 2.05) is 0 Å². The monoisotopic (exact) mass is 475 g/mol. The Morgan fingerprint density at radius 3 is 2.50 bits per heavy atom. The second-order valence-corrected chi connectivity index (χ2v) is 8.28. The van der Waals surface area contributed by atoms with Crippen LogP contribution in [0.25, 0.3) is 11.4 Å². The molecule has 0 spiro atoms. The maximum Gasteiger partial charge on any atom is 0.417 e. The molecule has 1 amide bonds. The van der Waals surface area contributed by atoms with E-state index in [0.29, 0.717) is 31.5 Å². The van der Waals surface area contributed by atoms with E-state index in [1.54, 1.807) is 17.0 Å². The van der Waals surface area contributed by atoms with Crippen molar-refractivity contribution < 1.29 is 26.7 Å². The zero-order chi connectivity index (χ0) is 24.0. The molecule has 0 saturated carbocycles. The van der Waals surface area contributed by atoms with Crippen molar-refractivity contribution in [1.82, 2.24) is 19.9 Å². The molecule has 6 nitrogen and oxygen atoms in total. The first kappa shape index (κ1) is 22.2. The largest absolute Gasteiger partial charge is 0.417 e. The number of nitrogens with one attached hydrogen (secondary N) is 1. The Kier molecular flexibility index (Phi) is 5.41. The van der Waals surface area contributed by atoms with Crippen LogP contribution < -0.4 is 5.32 Å². The van der Waals surface area contributed by atoms with Gasteiger partial charge in [-0.05, 0) is 37.5 Å². The average Bonchev–Trinajstić information content (AvgIpc) is 3.37. The molecule has 2 saturated heterocycles. The smallest absolute Gasteiger partial charge is 0.363 e. The normalized spacial score (nSPS) is 21.7. The topological polar surface area (TPSA) is 71.0 Å². The Hall–Kier alpha value is -3.63. The molecule has 2 aliphatic heterocycles. The van der Waals surface area contributed by atoms with Gasteiger partial charge in [0.2, 0.25) is 0 Å². The number of halogens is 5. The zero-order valence-corrected chi connectivity index (χ0v) is 17.6. The van der Waals surface area contributed by atoms with Crippen molar-refractivity contribution in [3.63, 3.8) is 0 Å². The molecular formula is C23H18F5N5O. The number of rotatable bonds is 4. The Morgan fingerprint density at radius 1 is 1.03 bits per heavy atom. The van der Waals surface area contributed by atoms with Crippen LogP contribution in [-0.2, 0) is 6.18 Å². The second kappa shape index (κ2) is 8.30. The van der Waals surface area contributed by atoms with E-state index in [0.717, 1.165) is 0 Å². The van der Waals surface area contributed by atoms with Crippen LogP contribution in [0.1, 0.15) is 35.2 Å². The van der Waals surface area contributed by atoms with E-state index in [9.17, 15) is 26.7 Å². The van der Waals surface area contributed by atoms with Crippen molar-refractivity contribution >= 4 is 11.7 Å². The van der Waals surface area contributed by atoms with Gasteiger partial charge in [0.05, 0.1) is 23.2 Å². The quantitative estimate of drug-likeness (QED) is 0.555. The molecule has 3 atom stereocenters. The molecule has 5 rings (SSSR count). The lowest BCUT2D eigenvalue weighted by molar-refractivity contribution is -0.138. The highest BCUT2D eigenvalue weighted by atomic mass is 19.4. The van der Waals surface area contributed by atoms with E-state index < -0.39 is 41.4 Å². The summed E-state index contributed by atoms with van der Waals surface area (Å²) in [5.41, 5.74) is -1.07. The number of hydrogen-bond acceptors (Lipinski definition) is 5. The first-order valence-electron chi connectivity index (χ1n) is 10.6. The first-order chi connectivity index (χ1) is 16.2. The number of aromatic nitrogens is 3. The minimum Gasteiger partial charge on any atom is -0.363 e. The number of carbonyl (C=O) groups is 1. The Bertz CT molecular complexity index is 1240. The lowest BCUT2D eigenvalue weighted by Gasteiger charge is -2.26. The molecule has 2 aromatic heterocycles. The highest BCUT2D eigenvalue weighted by Gasteiger charge is 2.49. The predicted molar refractivity (Wildman–Crippen MR) is 112 cm³/mol. The lowest BCUT2D eigenvalue weighted by Crippen LogP contribution is -2.40. The standard InChI is InChI=1S/C23H18F5N5O/c24-15-4-1-3-14(20-29-7-2-8-30-20)19(15)22(34)33-13-5-6-18(33)17(10-13)32-21-16(25)9-12(11-31-21)23(26,27)28/h1-4,7-9,11,13,17-18H,5-6,10H2,(H,31,32)/t13-,17-,18+/m1/s1. The fourth-order valence-electron chi connectivity index (χ4n) is 4.83. The number of amides is 1. The van der Waals surface area contributed by atoms with Crippen LogP contribution in [0.15, 0.2) is 48.9 Å². The number of pyridine rings is 1. The molecule has 0 unspecified atom stereocenters. The molecule has 11 heteroatoms. The highest BCUT2D eigenvalue weighted by Crippen LogP contribution is 2.41. The predicted octanol–water partition coefficient (Wildman–Crippen LogP) is 4.69. The van der Waals surface area contributed by atoms with Gasteiger partial charge in [0.25, 0.3) is 5.91 Å². The van der Waals surface area contributed by atoms with Crippen molar-refractivity contribution in [2.45, 2.75) is 43.6 Å². The first-order valence-corrected chi connectivity index (χ1v) is 10.6. The fraction of sp³-hybridized carbons (Fsp3) is 0.304. The molecule has 2 aliphatic rings. The third-order valence-electron chi connectivity index (χ3n) is 6.30. The van der Waals surface area contributed by atoms with Crippen LogP contribution in [0.3, 0.4) is 0 Å². The van der Waals surface area contributed by atoms with Gasteiger partial charge in [0, 0.05) is 30.2 Å². The lowest BCUT2D eigenvalue weighted by atomic mass is 9.95. The molecule has 1 N–H and O–H groups in total. The summed E-state index contributed by atoms with van der Waals surface area (Å²) >= 11 is 0. The Labute approximate surface area is 190 Å². The molecular weight excluding hydrogens is 457 g/mol. The van der Waals surface area contributed by atoms with Crippen LogP contribution in [0.2, 0.25) is 0 Å². The molecule has 34 heavy (non-hydrogen) atoms. The number of fused-ring (bicyclic) bond motifs is 2. The van der Waals surface area contributed by atoms with Crippen LogP contribution in [0.4, 0.5) is 27.8 Å². The van der Waals surface area contributed by atoms with E-state index >= 15 is 0 Å². The summed E-state index contributed by atoms with van der Waals surface area (Å²) in [7, 11) is 0. The van der Waals surface area contributed by atoms with E-state index in [-0.39, 0.29) is 28.8 Å².